The van der Waals surface area contributed by atoms with Crippen LogP contribution in [-0.4, -0.2) is 31.5 Å². The zero-order chi connectivity index (χ0) is 26.5. The van der Waals surface area contributed by atoms with Crippen LogP contribution in [0, 0.1) is 13.8 Å². The lowest BCUT2D eigenvalue weighted by Gasteiger charge is -2.16. The first-order chi connectivity index (χ1) is 17.8. The van der Waals surface area contributed by atoms with Gasteiger partial charge in [-0.1, -0.05) is 42.4 Å². The number of methoxy groups -OCH3 is 1. The zero-order valence-electron chi connectivity index (χ0n) is 21.2. The molecule has 0 fully saturated rings. The number of ether oxygens (including phenoxy) is 2. The van der Waals surface area contributed by atoms with Crippen LogP contribution in [0.15, 0.2) is 82.2 Å². The van der Waals surface area contributed by atoms with Gasteiger partial charge in [-0.25, -0.2) is 9.69 Å². The minimum absolute atomic E-state index is 0.158. The number of hydrogen-bond acceptors (Lipinski definition) is 7. The van der Waals surface area contributed by atoms with Gasteiger partial charge in [0.25, 0.3) is 11.8 Å². The molecule has 8 heteroatoms. The summed E-state index contributed by atoms with van der Waals surface area (Å²) in [4.78, 5) is 41.7. The molecule has 0 unspecified atom stereocenters. The second kappa shape index (κ2) is 11.3. The van der Waals surface area contributed by atoms with Gasteiger partial charge >= 0.3 is 5.97 Å². The Kier molecular flexibility index (Phi) is 7.98. The van der Waals surface area contributed by atoms with Gasteiger partial charge in [0.05, 0.1) is 30.7 Å². The monoisotopic (exact) mass is 516 g/mol. The van der Waals surface area contributed by atoms with E-state index in [2.05, 4.69) is 5.32 Å². The zero-order valence-corrected chi connectivity index (χ0v) is 22.0. The Morgan fingerprint density at radius 1 is 0.919 bits per heavy atom. The topological polar surface area (TPSA) is 84.9 Å². The number of esters is 1. The molecule has 0 aliphatic carbocycles. The molecule has 4 rings (SSSR count). The van der Waals surface area contributed by atoms with Gasteiger partial charge in [-0.2, -0.15) is 0 Å². The molecule has 1 N–H and O–H groups in total. The van der Waals surface area contributed by atoms with Crippen LogP contribution >= 0.6 is 11.8 Å². The molecule has 3 aromatic carbocycles. The Hall–Kier alpha value is -4.04. The first kappa shape index (κ1) is 26.0. The fourth-order valence-corrected chi connectivity index (χ4v) is 4.68. The van der Waals surface area contributed by atoms with Crippen LogP contribution in [0.1, 0.15) is 34.8 Å². The van der Waals surface area contributed by atoms with Crippen molar-refractivity contribution in [3.05, 3.63) is 94.0 Å². The molecule has 37 heavy (non-hydrogen) atoms. The fraction of sp³-hybridized carbons (Fsp3) is 0.207. The quantitative estimate of drug-likeness (QED) is 0.281. The average Bonchev–Trinajstić information content (AvgIpc) is 3.12. The minimum atomic E-state index is -0.496. The molecular weight excluding hydrogens is 488 g/mol. The maximum atomic E-state index is 13.7. The van der Waals surface area contributed by atoms with E-state index < -0.39 is 17.8 Å². The number of nitrogens with zero attached hydrogens (tertiary/aromatic N) is 1. The van der Waals surface area contributed by atoms with Crippen LogP contribution in [0.25, 0.3) is 0 Å². The summed E-state index contributed by atoms with van der Waals surface area (Å²) in [6.07, 6.45) is 0.717. The van der Waals surface area contributed by atoms with Crippen molar-refractivity contribution < 1.29 is 23.9 Å². The van der Waals surface area contributed by atoms with E-state index in [9.17, 15) is 14.4 Å². The predicted molar refractivity (Wildman–Crippen MR) is 145 cm³/mol. The number of benzene rings is 3. The number of nitrogens with one attached hydrogen (secondary N) is 1. The highest BCUT2D eigenvalue weighted by molar-refractivity contribution is 8.04. The van der Waals surface area contributed by atoms with Crippen molar-refractivity contribution in [1.82, 2.24) is 0 Å². The lowest BCUT2D eigenvalue weighted by molar-refractivity contribution is -0.120. The number of anilines is 2. The smallest absolute Gasteiger partial charge is 0.338 e. The number of carbonyl (C=O) groups excluding carboxylic acids is 3. The van der Waals surface area contributed by atoms with E-state index in [1.165, 1.54) is 11.8 Å². The van der Waals surface area contributed by atoms with E-state index in [1.54, 1.807) is 37.4 Å². The molecule has 0 atom stereocenters. The summed E-state index contributed by atoms with van der Waals surface area (Å²) in [5.74, 6) is -0.850. The molecule has 7 nitrogen and oxygen atoms in total. The first-order valence-corrected chi connectivity index (χ1v) is 12.7. The number of rotatable bonds is 9. The molecule has 1 aliphatic heterocycles. The maximum Gasteiger partial charge on any atom is 0.338 e. The highest BCUT2D eigenvalue weighted by atomic mass is 32.2. The van der Waals surface area contributed by atoms with Crippen LogP contribution < -0.4 is 15.0 Å². The number of aryl methyl sites for hydroxylation is 2. The summed E-state index contributed by atoms with van der Waals surface area (Å²) in [6, 6.07) is 19.5. The molecule has 0 saturated heterocycles. The van der Waals surface area contributed by atoms with Gasteiger partial charge in [-0.3, -0.25) is 9.59 Å². The summed E-state index contributed by atoms with van der Waals surface area (Å²) in [6.45, 7) is 6.16. The highest BCUT2D eigenvalue weighted by Gasteiger charge is 2.40. The summed E-state index contributed by atoms with van der Waals surface area (Å²) in [7, 11) is 1.55. The number of hydrogen-bond donors (Lipinski definition) is 1. The fourth-order valence-electron chi connectivity index (χ4n) is 3.75. The van der Waals surface area contributed by atoms with E-state index in [4.69, 9.17) is 9.47 Å². The lowest BCUT2D eigenvalue weighted by Crippen LogP contribution is -2.32. The molecule has 2 amide bonds. The summed E-state index contributed by atoms with van der Waals surface area (Å²) in [5, 5.41) is 3.16. The Morgan fingerprint density at radius 2 is 1.59 bits per heavy atom. The number of thioether (sulfide) groups is 1. The highest BCUT2D eigenvalue weighted by Crippen LogP contribution is 2.39. The third kappa shape index (κ3) is 5.70. The van der Waals surface area contributed by atoms with Crippen molar-refractivity contribution in [3.8, 4) is 5.75 Å². The molecular formula is C29H28N2O5S. The Balaban J connectivity index is 1.70. The molecule has 0 aromatic heterocycles. The Labute approximate surface area is 220 Å². The predicted octanol–water partition coefficient (Wildman–Crippen LogP) is 5.87. The number of carbonyl (C=O) groups is 3. The van der Waals surface area contributed by atoms with Crippen LogP contribution in [0.3, 0.4) is 0 Å². The maximum absolute atomic E-state index is 13.7. The largest absolute Gasteiger partial charge is 0.495 e. The molecule has 0 radical (unpaired) electrons. The number of amides is 2. The second-order valence-corrected chi connectivity index (χ2v) is 9.66. The van der Waals surface area contributed by atoms with Crippen molar-refractivity contribution in [2.75, 3.05) is 23.9 Å². The average molecular weight is 517 g/mol. The van der Waals surface area contributed by atoms with E-state index in [-0.39, 0.29) is 10.6 Å². The first-order valence-electron chi connectivity index (χ1n) is 11.9. The Morgan fingerprint density at radius 3 is 2.24 bits per heavy atom. The van der Waals surface area contributed by atoms with Crippen LogP contribution in [0.2, 0.25) is 0 Å². The van der Waals surface area contributed by atoms with Gasteiger partial charge < -0.3 is 14.8 Å². The van der Waals surface area contributed by atoms with Gasteiger partial charge in [0, 0.05) is 4.90 Å². The van der Waals surface area contributed by atoms with E-state index in [0.717, 1.165) is 27.3 Å². The molecule has 190 valence electrons. The molecule has 0 bridgehead atoms. The van der Waals surface area contributed by atoms with Gasteiger partial charge in [-0.05, 0) is 74.4 Å². The molecule has 1 heterocycles. The number of imide groups is 1. The van der Waals surface area contributed by atoms with Crippen LogP contribution in [-0.2, 0) is 14.3 Å². The van der Waals surface area contributed by atoms with E-state index in [0.29, 0.717) is 29.3 Å². The van der Waals surface area contributed by atoms with E-state index >= 15 is 0 Å². The Bertz CT molecular complexity index is 1360. The SMILES string of the molecule is CCCOC(=O)c1ccc(N2C(=O)C(Nc3cc(C)ccc3OC)=C(Sc3ccc(C)cc3)C2=O)cc1. The van der Waals surface area contributed by atoms with Crippen molar-refractivity contribution in [3.63, 3.8) is 0 Å². The van der Waals surface area contributed by atoms with Gasteiger partial charge in [0.1, 0.15) is 16.4 Å². The van der Waals surface area contributed by atoms with Crippen LogP contribution in [0.4, 0.5) is 11.4 Å². The van der Waals surface area contributed by atoms with Crippen molar-refractivity contribution in [2.24, 2.45) is 0 Å². The van der Waals surface area contributed by atoms with E-state index in [1.807, 2.05) is 57.2 Å². The third-order valence-corrected chi connectivity index (χ3v) is 6.79. The molecule has 1 aliphatic rings. The molecule has 0 spiro atoms. The molecule has 0 saturated carbocycles. The normalized spacial score (nSPS) is 13.2. The standard InChI is InChI=1S/C29H28N2O5S/c1-5-16-36-29(34)20-9-11-21(12-10-20)31-27(32)25(30-23-17-19(3)8-15-24(23)35-4)26(28(31)33)37-22-13-6-18(2)7-14-22/h6-15,17,30H,5,16H2,1-4H3. The summed E-state index contributed by atoms with van der Waals surface area (Å²) >= 11 is 1.22. The summed E-state index contributed by atoms with van der Waals surface area (Å²) in [5.41, 5.74) is 3.51. The van der Waals surface area contributed by atoms with Crippen molar-refractivity contribution in [1.29, 1.82) is 0 Å². The lowest BCUT2D eigenvalue weighted by atomic mass is 10.2. The van der Waals surface area contributed by atoms with Crippen LogP contribution in [0.5, 0.6) is 5.75 Å². The second-order valence-electron chi connectivity index (χ2n) is 8.58. The van der Waals surface area contributed by atoms with Gasteiger partial charge in [-0.15, -0.1) is 0 Å². The van der Waals surface area contributed by atoms with Gasteiger partial charge in [0.15, 0.2) is 0 Å². The third-order valence-electron chi connectivity index (χ3n) is 5.70. The minimum Gasteiger partial charge on any atom is -0.495 e. The summed E-state index contributed by atoms with van der Waals surface area (Å²) < 4.78 is 10.6. The van der Waals surface area contributed by atoms with Gasteiger partial charge in [0.2, 0.25) is 0 Å². The van der Waals surface area contributed by atoms with Crippen molar-refractivity contribution >= 4 is 40.9 Å². The van der Waals surface area contributed by atoms with Crippen molar-refractivity contribution in [2.45, 2.75) is 32.1 Å². The molecule has 3 aromatic rings.